The number of aromatic nitrogens is 1. The second-order valence-corrected chi connectivity index (χ2v) is 4.28. The number of aromatic carboxylic acids is 1. The fourth-order valence-corrected chi connectivity index (χ4v) is 1.58. The zero-order chi connectivity index (χ0) is 12.3. The van der Waals surface area contributed by atoms with Crippen molar-refractivity contribution >= 4 is 33.4 Å². The first-order chi connectivity index (χ1) is 8.15. The van der Waals surface area contributed by atoms with Crippen LogP contribution in [-0.4, -0.2) is 16.1 Å². The number of nitrogens with one attached hydrogen (secondary N) is 1. The molecular formula is C12H9BrN2O2. The van der Waals surface area contributed by atoms with E-state index in [2.05, 4.69) is 26.2 Å². The van der Waals surface area contributed by atoms with Crippen LogP contribution < -0.4 is 5.32 Å². The molecule has 1 heterocycles. The Morgan fingerprint density at radius 3 is 2.59 bits per heavy atom. The van der Waals surface area contributed by atoms with Gasteiger partial charge in [-0.3, -0.25) is 0 Å². The average Bonchev–Trinajstić information content (AvgIpc) is 2.32. The van der Waals surface area contributed by atoms with Crippen LogP contribution in [0.3, 0.4) is 0 Å². The van der Waals surface area contributed by atoms with E-state index >= 15 is 0 Å². The number of carbonyl (C=O) groups is 1. The fourth-order valence-electron chi connectivity index (χ4n) is 1.31. The number of nitrogens with zero attached hydrogens (tertiary/aromatic N) is 1. The fraction of sp³-hybridized carbons (Fsp3) is 0. The molecule has 0 fully saturated rings. The highest BCUT2D eigenvalue weighted by molar-refractivity contribution is 9.10. The number of halogens is 1. The highest BCUT2D eigenvalue weighted by Gasteiger charge is 2.04. The van der Waals surface area contributed by atoms with Crippen LogP contribution in [0.5, 0.6) is 0 Å². The van der Waals surface area contributed by atoms with Crippen LogP contribution in [0.25, 0.3) is 0 Å². The molecule has 0 saturated heterocycles. The van der Waals surface area contributed by atoms with Crippen LogP contribution in [-0.2, 0) is 0 Å². The van der Waals surface area contributed by atoms with E-state index < -0.39 is 5.97 Å². The molecule has 0 aliphatic carbocycles. The van der Waals surface area contributed by atoms with Crippen LogP contribution >= 0.6 is 15.9 Å². The average molecular weight is 293 g/mol. The first-order valence-electron chi connectivity index (χ1n) is 4.87. The van der Waals surface area contributed by atoms with Crippen molar-refractivity contribution in [2.24, 2.45) is 0 Å². The van der Waals surface area contributed by atoms with Gasteiger partial charge < -0.3 is 10.4 Å². The van der Waals surface area contributed by atoms with Gasteiger partial charge in [-0.05, 0) is 36.4 Å². The van der Waals surface area contributed by atoms with Crippen molar-refractivity contribution in [3.05, 3.63) is 52.6 Å². The second-order valence-electron chi connectivity index (χ2n) is 3.37. The summed E-state index contributed by atoms with van der Waals surface area (Å²) >= 11 is 3.34. The van der Waals surface area contributed by atoms with E-state index in [1.54, 1.807) is 0 Å². The van der Waals surface area contributed by atoms with Crippen LogP contribution in [0.15, 0.2) is 47.1 Å². The van der Waals surface area contributed by atoms with Crippen LogP contribution in [0.4, 0.5) is 11.5 Å². The van der Waals surface area contributed by atoms with E-state index in [0.29, 0.717) is 5.82 Å². The number of hydrogen-bond acceptors (Lipinski definition) is 3. The molecule has 0 aliphatic heterocycles. The number of benzene rings is 1. The highest BCUT2D eigenvalue weighted by atomic mass is 79.9. The molecule has 17 heavy (non-hydrogen) atoms. The van der Waals surface area contributed by atoms with Crippen molar-refractivity contribution in [1.29, 1.82) is 0 Å². The summed E-state index contributed by atoms with van der Waals surface area (Å²) in [5.41, 5.74) is 1.06. The van der Waals surface area contributed by atoms with Gasteiger partial charge in [0.1, 0.15) is 5.82 Å². The predicted octanol–water partition coefficient (Wildman–Crippen LogP) is 3.29. The van der Waals surface area contributed by atoms with Gasteiger partial charge >= 0.3 is 5.97 Å². The molecule has 2 rings (SSSR count). The standard InChI is InChI=1S/C12H9BrN2O2/c13-9-1-3-10(4-2-9)15-11-7-8(12(16)17)5-6-14-11/h1-7H,(H,14,15)(H,16,17). The Bertz CT molecular complexity index is 540. The van der Waals surface area contributed by atoms with E-state index in [4.69, 9.17) is 5.11 Å². The molecule has 0 radical (unpaired) electrons. The zero-order valence-electron chi connectivity index (χ0n) is 8.72. The third-order valence-electron chi connectivity index (χ3n) is 2.12. The smallest absolute Gasteiger partial charge is 0.335 e. The summed E-state index contributed by atoms with van der Waals surface area (Å²) < 4.78 is 0.982. The van der Waals surface area contributed by atoms with Gasteiger partial charge in [0.25, 0.3) is 0 Å². The lowest BCUT2D eigenvalue weighted by molar-refractivity contribution is 0.0697. The van der Waals surface area contributed by atoms with Gasteiger partial charge in [0.2, 0.25) is 0 Å². The number of anilines is 2. The maximum atomic E-state index is 10.8. The quantitative estimate of drug-likeness (QED) is 0.911. The molecule has 86 valence electrons. The maximum absolute atomic E-state index is 10.8. The number of carboxylic acid groups (broad SMARTS) is 1. The Morgan fingerprint density at radius 1 is 1.24 bits per heavy atom. The summed E-state index contributed by atoms with van der Waals surface area (Å²) in [5, 5.41) is 11.9. The Labute approximate surface area is 106 Å². The van der Waals surface area contributed by atoms with E-state index in [1.165, 1.54) is 18.3 Å². The SMILES string of the molecule is O=C(O)c1ccnc(Nc2ccc(Br)cc2)c1. The van der Waals surface area contributed by atoms with Crippen LogP contribution in [0.2, 0.25) is 0 Å². The van der Waals surface area contributed by atoms with Gasteiger partial charge in [-0.2, -0.15) is 0 Å². The monoisotopic (exact) mass is 292 g/mol. The zero-order valence-corrected chi connectivity index (χ0v) is 10.3. The summed E-state index contributed by atoms with van der Waals surface area (Å²) in [6, 6.07) is 10.5. The topological polar surface area (TPSA) is 62.2 Å². The summed E-state index contributed by atoms with van der Waals surface area (Å²) in [6.07, 6.45) is 1.46. The number of pyridine rings is 1. The Hall–Kier alpha value is -1.88. The largest absolute Gasteiger partial charge is 0.478 e. The molecule has 1 aromatic carbocycles. The molecule has 1 aromatic heterocycles. The van der Waals surface area contributed by atoms with Crippen molar-refractivity contribution in [2.75, 3.05) is 5.32 Å². The van der Waals surface area contributed by atoms with E-state index in [-0.39, 0.29) is 5.56 Å². The lowest BCUT2D eigenvalue weighted by atomic mass is 10.2. The lowest BCUT2D eigenvalue weighted by Gasteiger charge is -2.05. The van der Waals surface area contributed by atoms with E-state index in [9.17, 15) is 4.79 Å². The number of carboxylic acids is 1. The Balaban J connectivity index is 2.21. The molecule has 0 unspecified atom stereocenters. The Kier molecular flexibility index (Phi) is 3.39. The summed E-state index contributed by atoms with van der Waals surface area (Å²) in [6.45, 7) is 0. The summed E-state index contributed by atoms with van der Waals surface area (Å²) in [4.78, 5) is 14.8. The van der Waals surface area contributed by atoms with Gasteiger partial charge in [-0.15, -0.1) is 0 Å². The minimum atomic E-state index is -0.966. The summed E-state index contributed by atoms with van der Waals surface area (Å²) in [7, 11) is 0. The van der Waals surface area contributed by atoms with Gasteiger partial charge in [-0.25, -0.2) is 9.78 Å². The minimum absolute atomic E-state index is 0.208. The predicted molar refractivity (Wildman–Crippen MR) is 68.6 cm³/mol. The summed E-state index contributed by atoms with van der Waals surface area (Å²) in [5.74, 6) is -0.460. The third kappa shape index (κ3) is 3.04. The van der Waals surface area contributed by atoms with E-state index in [1.807, 2.05) is 24.3 Å². The Morgan fingerprint density at radius 2 is 1.94 bits per heavy atom. The van der Waals surface area contributed by atoms with Crippen molar-refractivity contribution in [3.8, 4) is 0 Å². The van der Waals surface area contributed by atoms with Crippen molar-refractivity contribution in [3.63, 3.8) is 0 Å². The molecule has 0 aliphatic rings. The molecule has 5 heteroatoms. The van der Waals surface area contributed by atoms with E-state index in [0.717, 1.165) is 10.2 Å². The molecule has 0 amide bonds. The molecule has 0 bridgehead atoms. The van der Waals surface area contributed by atoms with Gasteiger partial charge in [-0.1, -0.05) is 15.9 Å². The molecular weight excluding hydrogens is 284 g/mol. The maximum Gasteiger partial charge on any atom is 0.335 e. The van der Waals surface area contributed by atoms with Gasteiger partial charge in [0.05, 0.1) is 5.56 Å². The first kappa shape index (κ1) is 11.6. The molecule has 0 atom stereocenters. The van der Waals surface area contributed by atoms with Crippen molar-refractivity contribution in [2.45, 2.75) is 0 Å². The van der Waals surface area contributed by atoms with Crippen LogP contribution in [0.1, 0.15) is 10.4 Å². The number of hydrogen-bond donors (Lipinski definition) is 2. The normalized spacial score (nSPS) is 9.94. The minimum Gasteiger partial charge on any atom is -0.478 e. The van der Waals surface area contributed by atoms with Crippen molar-refractivity contribution in [1.82, 2.24) is 4.98 Å². The van der Waals surface area contributed by atoms with Crippen molar-refractivity contribution < 1.29 is 9.90 Å². The third-order valence-corrected chi connectivity index (χ3v) is 2.65. The highest BCUT2D eigenvalue weighted by Crippen LogP contribution is 2.18. The molecule has 0 spiro atoms. The van der Waals surface area contributed by atoms with Gasteiger partial charge in [0, 0.05) is 16.4 Å². The molecule has 0 saturated carbocycles. The first-order valence-corrected chi connectivity index (χ1v) is 5.66. The molecule has 2 N–H and O–H groups in total. The second kappa shape index (κ2) is 4.97. The van der Waals surface area contributed by atoms with Crippen LogP contribution in [0, 0.1) is 0 Å². The molecule has 4 nitrogen and oxygen atoms in total. The van der Waals surface area contributed by atoms with Gasteiger partial charge in [0.15, 0.2) is 0 Å². The number of rotatable bonds is 3. The lowest BCUT2D eigenvalue weighted by Crippen LogP contribution is -1.99. The molecule has 2 aromatic rings.